The van der Waals surface area contributed by atoms with Crippen LogP contribution in [0.1, 0.15) is 37.7 Å². The zero-order valence-corrected chi connectivity index (χ0v) is 15.1. The summed E-state index contributed by atoms with van der Waals surface area (Å²) < 4.78 is 10.4. The highest BCUT2D eigenvalue weighted by molar-refractivity contribution is 5.79. The number of rotatable bonds is 8. The summed E-state index contributed by atoms with van der Waals surface area (Å²) in [7, 11) is 5.20. The van der Waals surface area contributed by atoms with Crippen LogP contribution in [0.4, 0.5) is 0 Å². The maximum absolute atomic E-state index is 5.30. The van der Waals surface area contributed by atoms with Crippen molar-refractivity contribution in [2.45, 2.75) is 38.6 Å². The number of nitrogens with one attached hydrogen (secondary N) is 2. The Balaban J connectivity index is 1.82. The average Bonchev–Trinajstić information content (AvgIpc) is 3.10. The van der Waals surface area contributed by atoms with Crippen molar-refractivity contribution in [3.05, 3.63) is 23.9 Å². The predicted molar refractivity (Wildman–Crippen MR) is 96.4 cm³/mol. The number of aromatic nitrogens is 1. The Morgan fingerprint density at radius 3 is 2.62 bits per heavy atom. The summed E-state index contributed by atoms with van der Waals surface area (Å²) in [6.07, 6.45) is 8.08. The molecule has 0 aromatic carbocycles. The molecule has 0 radical (unpaired) electrons. The SMILES string of the molecule is CN=C(NCc1ccc(OC)nc1)NCC1(CCOC)CCCC1. The van der Waals surface area contributed by atoms with Crippen molar-refractivity contribution in [3.8, 4) is 5.88 Å². The molecule has 0 spiro atoms. The van der Waals surface area contributed by atoms with Gasteiger partial charge in [0, 0.05) is 46.1 Å². The van der Waals surface area contributed by atoms with Crippen molar-refractivity contribution in [1.29, 1.82) is 0 Å². The van der Waals surface area contributed by atoms with Gasteiger partial charge in [0.2, 0.25) is 5.88 Å². The molecule has 1 aliphatic carbocycles. The van der Waals surface area contributed by atoms with E-state index in [1.807, 2.05) is 18.3 Å². The zero-order chi connectivity index (χ0) is 17.3. The summed E-state index contributed by atoms with van der Waals surface area (Å²) in [5.41, 5.74) is 1.43. The van der Waals surface area contributed by atoms with Gasteiger partial charge in [-0.2, -0.15) is 0 Å². The van der Waals surface area contributed by atoms with Gasteiger partial charge in [0.25, 0.3) is 0 Å². The Kier molecular flexibility index (Phi) is 7.31. The van der Waals surface area contributed by atoms with E-state index in [-0.39, 0.29) is 0 Å². The highest BCUT2D eigenvalue weighted by Gasteiger charge is 2.33. The Labute approximate surface area is 145 Å². The van der Waals surface area contributed by atoms with Crippen molar-refractivity contribution < 1.29 is 9.47 Å². The van der Waals surface area contributed by atoms with E-state index in [0.29, 0.717) is 17.8 Å². The van der Waals surface area contributed by atoms with Gasteiger partial charge in [-0.15, -0.1) is 0 Å². The van der Waals surface area contributed by atoms with Crippen LogP contribution in [0.3, 0.4) is 0 Å². The normalized spacial score (nSPS) is 16.9. The molecular weight excluding hydrogens is 304 g/mol. The fourth-order valence-electron chi connectivity index (χ4n) is 3.27. The Morgan fingerprint density at radius 2 is 2.04 bits per heavy atom. The fraction of sp³-hybridized carbons (Fsp3) is 0.667. The largest absolute Gasteiger partial charge is 0.481 e. The summed E-state index contributed by atoms with van der Waals surface area (Å²) in [5, 5.41) is 6.84. The van der Waals surface area contributed by atoms with Gasteiger partial charge >= 0.3 is 0 Å². The van der Waals surface area contributed by atoms with Crippen LogP contribution in [0.2, 0.25) is 0 Å². The first-order chi connectivity index (χ1) is 11.7. The minimum atomic E-state index is 0.343. The van der Waals surface area contributed by atoms with E-state index in [1.165, 1.54) is 25.7 Å². The molecule has 0 amide bonds. The van der Waals surface area contributed by atoms with Crippen molar-refractivity contribution in [2.24, 2.45) is 10.4 Å². The topological polar surface area (TPSA) is 67.8 Å². The number of pyridine rings is 1. The third kappa shape index (κ3) is 5.37. The minimum Gasteiger partial charge on any atom is -0.481 e. The van der Waals surface area contributed by atoms with Gasteiger partial charge in [0.1, 0.15) is 0 Å². The van der Waals surface area contributed by atoms with Crippen LogP contribution in [0.15, 0.2) is 23.3 Å². The molecular formula is C18H30N4O2. The molecule has 0 bridgehead atoms. The lowest BCUT2D eigenvalue weighted by Crippen LogP contribution is -2.43. The summed E-state index contributed by atoms with van der Waals surface area (Å²) in [5.74, 6) is 1.46. The van der Waals surface area contributed by atoms with Crippen LogP contribution in [0.5, 0.6) is 5.88 Å². The van der Waals surface area contributed by atoms with Crippen molar-refractivity contribution >= 4 is 5.96 Å². The maximum Gasteiger partial charge on any atom is 0.212 e. The first-order valence-electron chi connectivity index (χ1n) is 8.64. The van der Waals surface area contributed by atoms with E-state index in [2.05, 4.69) is 20.6 Å². The number of nitrogens with zero attached hydrogens (tertiary/aromatic N) is 2. The molecule has 0 saturated heterocycles. The lowest BCUT2D eigenvalue weighted by Gasteiger charge is -2.30. The molecule has 1 aromatic heterocycles. The molecule has 134 valence electrons. The summed E-state index contributed by atoms with van der Waals surface area (Å²) >= 11 is 0. The molecule has 0 aliphatic heterocycles. The Hall–Kier alpha value is -1.82. The molecule has 0 atom stereocenters. The quantitative estimate of drug-likeness (QED) is 0.564. The van der Waals surface area contributed by atoms with Crippen LogP contribution >= 0.6 is 0 Å². The smallest absolute Gasteiger partial charge is 0.212 e. The maximum atomic E-state index is 5.30. The van der Waals surface area contributed by atoms with Gasteiger partial charge in [-0.25, -0.2) is 4.98 Å². The summed E-state index contributed by atoms with van der Waals surface area (Å²) in [6.45, 7) is 2.45. The van der Waals surface area contributed by atoms with Gasteiger partial charge in [-0.05, 0) is 30.2 Å². The second-order valence-corrected chi connectivity index (χ2v) is 6.44. The average molecular weight is 334 g/mol. The molecule has 1 heterocycles. The number of methoxy groups -OCH3 is 2. The van der Waals surface area contributed by atoms with Gasteiger partial charge in [-0.1, -0.05) is 18.9 Å². The zero-order valence-electron chi connectivity index (χ0n) is 15.1. The highest BCUT2D eigenvalue weighted by atomic mass is 16.5. The molecule has 1 saturated carbocycles. The van der Waals surface area contributed by atoms with Crippen LogP contribution < -0.4 is 15.4 Å². The molecule has 2 rings (SSSR count). The van der Waals surface area contributed by atoms with Crippen LogP contribution in [0.25, 0.3) is 0 Å². The second-order valence-electron chi connectivity index (χ2n) is 6.44. The van der Waals surface area contributed by atoms with Crippen LogP contribution in [-0.4, -0.2) is 45.4 Å². The van der Waals surface area contributed by atoms with Gasteiger partial charge in [0.05, 0.1) is 7.11 Å². The van der Waals surface area contributed by atoms with Gasteiger partial charge in [0.15, 0.2) is 5.96 Å². The van der Waals surface area contributed by atoms with Gasteiger partial charge in [-0.3, -0.25) is 4.99 Å². The van der Waals surface area contributed by atoms with Crippen molar-refractivity contribution in [3.63, 3.8) is 0 Å². The van der Waals surface area contributed by atoms with E-state index >= 15 is 0 Å². The third-order valence-electron chi connectivity index (χ3n) is 4.82. The third-order valence-corrected chi connectivity index (χ3v) is 4.82. The standard InChI is InChI=1S/C18H30N4O2/c1-19-17(21-13-15-6-7-16(24-3)20-12-15)22-14-18(10-11-23-2)8-4-5-9-18/h6-7,12H,4-5,8-11,13-14H2,1-3H3,(H2,19,21,22). The molecule has 2 N–H and O–H groups in total. The van der Waals surface area contributed by atoms with E-state index in [4.69, 9.17) is 9.47 Å². The van der Waals surface area contributed by atoms with Crippen LogP contribution in [-0.2, 0) is 11.3 Å². The molecule has 1 fully saturated rings. The van der Waals surface area contributed by atoms with E-state index < -0.39 is 0 Å². The number of ether oxygens (including phenoxy) is 2. The minimum absolute atomic E-state index is 0.343. The molecule has 24 heavy (non-hydrogen) atoms. The van der Waals surface area contributed by atoms with E-state index in [0.717, 1.165) is 31.1 Å². The number of guanidine groups is 1. The fourth-order valence-corrected chi connectivity index (χ4v) is 3.27. The lowest BCUT2D eigenvalue weighted by molar-refractivity contribution is 0.138. The lowest BCUT2D eigenvalue weighted by atomic mass is 9.83. The first-order valence-corrected chi connectivity index (χ1v) is 8.64. The summed E-state index contributed by atoms with van der Waals surface area (Å²) in [4.78, 5) is 8.55. The number of aliphatic imine (C=N–C) groups is 1. The first kappa shape index (κ1) is 18.5. The molecule has 1 aromatic rings. The van der Waals surface area contributed by atoms with E-state index in [1.54, 1.807) is 21.3 Å². The highest BCUT2D eigenvalue weighted by Crippen LogP contribution is 2.40. The molecule has 6 heteroatoms. The van der Waals surface area contributed by atoms with Gasteiger partial charge < -0.3 is 20.1 Å². The molecule has 1 aliphatic rings. The van der Waals surface area contributed by atoms with Crippen LogP contribution in [0, 0.1) is 5.41 Å². The summed E-state index contributed by atoms with van der Waals surface area (Å²) in [6, 6.07) is 3.87. The second kappa shape index (κ2) is 9.47. The monoisotopic (exact) mass is 334 g/mol. The molecule has 0 unspecified atom stereocenters. The number of hydrogen-bond acceptors (Lipinski definition) is 4. The molecule has 6 nitrogen and oxygen atoms in total. The van der Waals surface area contributed by atoms with E-state index in [9.17, 15) is 0 Å². The Bertz CT molecular complexity index is 510. The predicted octanol–water partition coefficient (Wildman–Crippen LogP) is 2.35. The van der Waals surface area contributed by atoms with Crippen molar-refractivity contribution in [2.75, 3.05) is 34.4 Å². The number of hydrogen-bond donors (Lipinski definition) is 2. The van der Waals surface area contributed by atoms with Crippen molar-refractivity contribution in [1.82, 2.24) is 15.6 Å². The Morgan fingerprint density at radius 1 is 1.25 bits per heavy atom.